The molecule has 3 nitrogen and oxygen atoms in total. The number of rotatable bonds is 7. The minimum atomic E-state index is -0.791. The van der Waals surface area contributed by atoms with Crippen molar-refractivity contribution >= 4 is 5.97 Å². The summed E-state index contributed by atoms with van der Waals surface area (Å²) in [5.74, 6) is -0.265. The molecule has 1 aromatic rings. The van der Waals surface area contributed by atoms with E-state index < -0.39 is 12.0 Å². The average Bonchev–Trinajstić information content (AvgIpc) is 2.35. The van der Waals surface area contributed by atoms with E-state index in [9.17, 15) is 4.79 Å². The predicted molar refractivity (Wildman–Crippen MR) is 69.2 cm³/mol. The zero-order valence-electron chi connectivity index (χ0n) is 10.5. The van der Waals surface area contributed by atoms with Crippen LogP contribution in [0.3, 0.4) is 0 Å². The summed E-state index contributed by atoms with van der Waals surface area (Å²) in [6, 6.07) is 9.94. The lowest BCUT2D eigenvalue weighted by Crippen LogP contribution is -2.34. The Morgan fingerprint density at radius 2 is 1.94 bits per heavy atom. The van der Waals surface area contributed by atoms with E-state index in [1.165, 1.54) is 5.56 Å². The van der Waals surface area contributed by atoms with Gasteiger partial charge in [-0.15, -0.1) is 0 Å². The molecule has 0 spiro atoms. The molecule has 0 fully saturated rings. The zero-order valence-corrected chi connectivity index (χ0v) is 10.5. The van der Waals surface area contributed by atoms with Gasteiger partial charge in [-0.3, -0.25) is 4.79 Å². The quantitative estimate of drug-likeness (QED) is 0.714. The first-order valence-corrected chi connectivity index (χ1v) is 6.12. The Bertz CT molecular complexity index is 337. The van der Waals surface area contributed by atoms with E-state index in [1.807, 2.05) is 6.07 Å². The number of benzene rings is 1. The van der Waals surface area contributed by atoms with Crippen LogP contribution in [0.2, 0.25) is 0 Å². The van der Waals surface area contributed by atoms with Crippen LogP contribution in [0.5, 0.6) is 0 Å². The molecule has 17 heavy (non-hydrogen) atoms. The monoisotopic (exact) mass is 235 g/mol. The van der Waals surface area contributed by atoms with Crippen LogP contribution in [-0.4, -0.2) is 23.7 Å². The maximum absolute atomic E-state index is 10.6. The van der Waals surface area contributed by atoms with Crippen LogP contribution in [0.25, 0.3) is 0 Å². The van der Waals surface area contributed by atoms with Crippen molar-refractivity contribution in [2.45, 2.75) is 38.6 Å². The third-order valence-corrected chi connectivity index (χ3v) is 3.00. The molecule has 1 aromatic carbocycles. The molecule has 3 heteroatoms. The summed E-state index contributed by atoms with van der Waals surface area (Å²) in [5, 5.41) is 11.7. The molecule has 0 aromatic heterocycles. The molecule has 2 atom stereocenters. The van der Waals surface area contributed by atoms with Crippen molar-refractivity contribution in [3.05, 3.63) is 35.9 Å². The second-order valence-electron chi connectivity index (χ2n) is 4.47. The Kier molecular flexibility index (Phi) is 5.70. The van der Waals surface area contributed by atoms with Gasteiger partial charge in [-0.25, -0.2) is 0 Å². The number of carboxylic acid groups (broad SMARTS) is 1. The van der Waals surface area contributed by atoms with E-state index in [1.54, 1.807) is 6.92 Å². The molecule has 0 aliphatic heterocycles. The molecule has 1 unspecified atom stereocenters. The first-order chi connectivity index (χ1) is 8.11. The topological polar surface area (TPSA) is 49.3 Å². The van der Waals surface area contributed by atoms with E-state index in [2.05, 4.69) is 36.5 Å². The fourth-order valence-corrected chi connectivity index (χ4v) is 1.76. The highest BCUT2D eigenvalue weighted by Crippen LogP contribution is 2.19. The lowest BCUT2D eigenvalue weighted by atomic mass is 9.96. The van der Waals surface area contributed by atoms with Gasteiger partial charge in [-0.05, 0) is 37.8 Å². The standard InChI is InChI=1S/C14H21NO2/c1-11(13-8-4-3-5-9-13)7-6-10-15-12(2)14(16)17/h3-5,8-9,11-12,15H,6-7,10H2,1-2H3,(H,16,17)/t11?,12-/m0/s1. The van der Waals surface area contributed by atoms with Crippen molar-refractivity contribution in [2.75, 3.05) is 6.54 Å². The number of carbonyl (C=O) groups is 1. The molecule has 0 aliphatic carbocycles. The fourth-order valence-electron chi connectivity index (χ4n) is 1.76. The molecular weight excluding hydrogens is 214 g/mol. The minimum Gasteiger partial charge on any atom is -0.480 e. The number of hydrogen-bond acceptors (Lipinski definition) is 2. The predicted octanol–water partition coefficient (Wildman–Crippen LogP) is 2.63. The third kappa shape index (κ3) is 5.00. The highest BCUT2D eigenvalue weighted by atomic mass is 16.4. The highest BCUT2D eigenvalue weighted by Gasteiger charge is 2.09. The summed E-state index contributed by atoms with van der Waals surface area (Å²) in [7, 11) is 0. The lowest BCUT2D eigenvalue weighted by molar-refractivity contribution is -0.138. The van der Waals surface area contributed by atoms with Crippen LogP contribution in [0.15, 0.2) is 30.3 Å². The maximum Gasteiger partial charge on any atom is 0.320 e. The summed E-state index contributed by atoms with van der Waals surface area (Å²) in [4.78, 5) is 10.6. The summed E-state index contributed by atoms with van der Waals surface area (Å²) in [6.07, 6.45) is 2.07. The average molecular weight is 235 g/mol. The molecule has 1 rings (SSSR count). The summed E-state index contributed by atoms with van der Waals surface area (Å²) in [6.45, 7) is 4.63. The maximum atomic E-state index is 10.6. The molecule has 0 saturated carbocycles. The van der Waals surface area contributed by atoms with E-state index >= 15 is 0 Å². The number of aliphatic carboxylic acids is 1. The van der Waals surface area contributed by atoms with Crippen molar-refractivity contribution in [2.24, 2.45) is 0 Å². The number of nitrogens with one attached hydrogen (secondary N) is 1. The number of hydrogen-bond donors (Lipinski definition) is 2. The first kappa shape index (κ1) is 13.7. The van der Waals surface area contributed by atoms with Gasteiger partial charge in [0.1, 0.15) is 6.04 Å². The van der Waals surface area contributed by atoms with Gasteiger partial charge < -0.3 is 10.4 Å². The first-order valence-electron chi connectivity index (χ1n) is 6.12. The molecule has 2 N–H and O–H groups in total. The Hall–Kier alpha value is -1.35. The summed E-state index contributed by atoms with van der Waals surface area (Å²) in [5.41, 5.74) is 1.35. The zero-order chi connectivity index (χ0) is 12.7. The van der Waals surface area contributed by atoms with Crippen LogP contribution in [-0.2, 0) is 4.79 Å². The molecule has 0 radical (unpaired) electrons. The van der Waals surface area contributed by atoms with Gasteiger partial charge in [0.25, 0.3) is 0 Å². The van der Waals surface area contributed by atoms with Crippen molar-refractivity contribution in [1.29, 1.82) is 0 Å². The lowest BCUT2D eigenvalue weighted by Gasteiger charge is -2.13. The van der Waals surface area contributed by atoms with Gasteiger partial charge in [0.2, 0.25) is 0 Å². The Morgan fingerprint density at radius 3 is 2.53 bits per heavy atom. The van der Waals surface area contributed by atoms with Crippen LogP contribution in [0.1, 0.15) is 38.2 Å². The van der Waals surface area contributed by atoms with E-state index in [0.29, 0.717) is 5.92 Å². The van der Waals surface area contributed by atoms with Gasteiger partial charge in [0.05, 0.1) is 0 Å². The molecule has 0 amide bonds. The summed E-state index contributed by atoms with van der Waals surface area (Å²) >= 11 is 0. The van der Waals surface area contributed by atoms with E-state index in [4.69, 9.17) is 5.11 Å². The van der Waals surface area contributed by atoms with Crippen LogP contribution in [0, 0.1) is 0 Å². The van der Waals surface area contributed by atoms with Gasteiger partial charge in [-0.2, -0.15) is 0 Å². The van der Waals surface area contributed by atoms with Crippen molar-refractivity contribution in [1.82, 2.24) is 5.32 Å². The van der Waals surface area contributed by atoms with Crippen molar-refractivity contribution < 1.29 is 9.90 Å². The Morgan fingerprint density at radius 1 is 1.29 bits per heavy atom. The minimum absolute atomic E-state index is 0.456. The molecule has 0 saturated heterocycles. The van der Waals surface area contributed by atoms with Gasteiger partial charge >= 0.3 is 5.97 Å². The molecule has 0 heterocycles. The fraction of sp³-hybridized carbons (Fsp3) is 0.500. The number of carboxylic acids is 1. The molecule has 0 aliphatic rings. The van der Waals surface area contributed by atoms with Crippen molar-refractivity contribution in [3.63, 3.8) is 0 Å². The third-order valence-electron chi connectivity index (χ3n) is 3.00. The van der Waals surface area contributed by atoms with Crippen LogP contribution in [0.4, 0.5) is 0 Å². The highest BCUT2D eigenvalue weighted by molar-refractivity contribution is 5.72. The molecule has 0 bridgehead atoms. The van der Waals surface area contributed by atoms with Crippen LogP contribution < -0.4 is 5.32 Å². The van der Waals surface area contributed by atoms with Gasteiger partial charge in [0, 0.05) is 0 Å². The Balaban J connectivity index is 2.21. The largest absolute Gasteiger partial charge is 0.480 e. The van der Waals surface area contributed by atoms with Gasteiger partial charge in [0.15, 0.2) is 0 Å². The summed E-state index contributed by atoms with van der Waals surface area (Å²) < 4.78 is 0. The second-order valence-corrected chi connectivity index (χ2v) is 4.47. The molecular formula is C14H21NO2. The smallest absolute Gasteiger partial charge is 0.320 e. The second kappa shape index (κ2) is 7.07. The van der Waals surface area contributed by atoms with Crippen molar-refractivity contribution in [3.8, 4) is 0 Å². The van der Waals surface area contributed by atoms with Crippen LogP contribution >= 0.6 is 0 Å². The Labute approximate surface area is 103 Å². The molecule has 94 valence electrons. The van der Waals surface area contributed by atoms with Gasteiger partial charge in [-0.1, -0.05) is 37.3 Å². The van der Waals surface area contributed by atoms with E-state index in [-0.39, 0.29) is 0 Å². The van der Waals surface area contributed by atoms with E-state index in [0.717, 1.165) is 19.4 Å². The SMILES string of the molecule is CC(CCCN[C@@H](C)C(=O)O)c1ccccc1. The normalized spacial score (nSPS) is 14.2.